The lowest BCUT2D eigenvalue weighted by molar-refractivity contribution is 0.244. The van der Waals surface area contributed by atoms with Crippen molar-refractivity contribution in [3.05, 3.63) is 29.6 Å². The van der Waals surface area contributed by atoms with E-state index in [9.17, 15) is 0 Å². The average molecular weight is 219 g/mol. The fraction of sp³-hybridized carbons (Fsp3) is 0.615. The van der Waals surface area contributed by atoms with E-state index in [0.717, 1.165) is 25.2 Å². The number of likely N-dealkylation sites (tertiary alicyclic amines) is 1. The Morgan fingerprint density at radius 2 is 2.31 bits per heavy atom. The molecule has 0 aliphatic carbocycles. The molecule has 1 aromatic heterocycles. The molecule has 0 spiro atoms. The average Bonchev–Trinajstić information content (AvgIpc) is 2.62. The van der Waals surface area contributed by atoms with Gasteiger partial charge in [0.05, 0.1) is 11.7 Å². The summed E-state index contributed by atoms with van der Waals surface area (Å²) in [7, 11) is 0. The second-order valence-electron chi connectivity index (χ2n) is 4.69. The highest BCUT2D eigenvalue weighted by atomic mass is 15.2. The van der Waals surface area contributed by atoms with E-state index < -0.39 is 0 Å². The summed E-state index contributed by atoms with van der Waals surface area (Å²) < 4.78 is 0. The first-order valence-electron chi connectivity index (χ1n) is 6.14. The number of aromatic nitrogens is 1. The molecule has 0 saturated carbocycles. The lowest BCUT2D eigenvalue weighted by Gasteiger charge is -2.25. The monoisotopic (exact) mass is 219 g/mol. The highest BCUT2D eigenvalue weighted by Gasteiger charge is 2.32. The smallest absolute Gasteiger partial charge is 0.0674 e. The van der Waals surface area contributed by atoms with E-state index in [2.05, 4.69) is 35.9 Å². The second-order valence-corrected chi connectivity index (χ2v) is 4.69. The van der Waals surface area contributed by atoms with Crippen molar-refractivity contribution in [2.75, 3.05) is 13.1 Å². The first-order valence-corrected chi connectivity index (χ1v) is 6.14. The number of aryl methyl sites for hydroxylation is 1. The summed E-state index contributed by atoms with van der Waals surface area (Å²) in [5.74, 6) is 0. The maximum atomic E-state index is 6.19. The van der Waals surface area contributed by atoms with Crippen LogP contribution in [-0.4, -0.2) is 29.0 Å². The van der Waals surface area contributed by atoms with Crippen molar-refractivity contribution >= 4 is 0 Å². The van der Waals surface area contributed by atoms with E-state index in [0.29, 0.717) is 6.04 Å². The van der Waals surface area contributed by atoms with Crippen LogP contribution in [-0.2, 0) is 0 Å². The quantitative estimate of drug-likeness (QED) is 0.844. The van der Waals surface area contributed by atoms with Crippen LogP contribution < -0.4 is 5.73 Å². The molecule has 2 rings (SSSR count). The molecule has 3 nitrogen and oxygen atoms in total. The lowest BCUT2D eigenvalue weighted by Crippen LogP contribution is -2.32. The molecule has 1 saturated heterocycles. The number of hydrogen-bond donors (Lipinski definition) is 1. The zero-order chi connectivity index (χ0) is 11.5. The molecule has 0 bridgehead atoms. The minimum atomic E-state index is 0.238. The van der Waals surface area contributed by atoms with Crippen molar-refractivity contribution in [1.82, 2.24) is 9.88 Å². The molecule has 2 heterocycles. The Balaban J connectivity index is 2.19. The molecule has 2 atom stereocenters. The standard InChI is InChI=1S/C13H21N3/c1-3-7-16-8-6-11(14)13(16)12-5-4-10(2)9-15-12/h4-5,9,11,13H,3,6-8,14H2,1-2H3. The highest BCUT2D eigenvalue weighted by molar-refractivity contribution is 5.18. The number of nitrogens with zero attached hydrogens (tertiary/aromatic N) is 2. The third kappa shape index (κ3) is 2.25. The molecule has 1 fully saturated rings. The van der Waals surface area contributed by atoms with Crippen molar-refractivity contribution in [3.63, 3.8) is 0 Å². The highest BCUT2D eigenvalue weighted by Crippen LogP contribution is 2.29. The van der Waals surface area contributed by atoms with Crippen molar-refractivity contribution in [3.8, 4) is 0 Å². The van der Waals surface area contributed by atoms with Crippen LogP contribution in [0.25, 0.3) is 0 Å². The SMILES string of the molecule is CCCN1CCC(N)C1c1ccc(C)cn1. The van der Waals surface area contributed by atoms with Crippen LogP contribution in [0.4, 0.5) is 0 Å². The van der Waals surface area contributed by atoms with Crippen LogP contribution >= 0.6 is 0 Å². The second kappa shape index (κ2) is 4.93. The molecule has 0 amide bonds. The van der Waals surface area contributed by atoms with Gasteiger partial charge in [0.15, 0.2) is 0 Å². The van der Waals surface area contributed by atoms with E-state index in [-0.39, 0.29) is 6.04 Å². The van der Waals surface area contributed by atoms with Crippen molar-refractivity contribution in [2.45, 2.75) is 38.8 Å². The molecule has 1 aliphatic rings. The maximum absolute atomic E-state index is 6.19. The van der Waals surface area contributed by atoms with E-state index in [4.69, 9.17) is 5.73 Å². The van der Waals surface area contributed by atoms with Gasteiger partial charge in [-0.1, -0.05) is 13.0 Å². The Kier molecular flexibility index (Phi) is 3.56. The zero-order valence-electron chi connectivity index (χ0n) is 10.2. The Bertz CT molecular complexity index is 332. The van der Waals surface area contributed by atoms with E-state index in [1.807, 2.05) is 6.20 Å². The molecule has 16 heavy (non-hydrogen) atoms. The van der Waals surface area contributed by atoms with Gasteiger partial charge in [-0.2, -0.15) is 0 Å². The van der Waals surface area contributed by atoms with Gasteiger partial charge < -0.3 is 5.73 Å². The number of pyridine rings is 1. The van der Waals surface area contributed by atoms with Gasteiger partial charge in [0.1, 0.15) is 0 Å². The van der Waals surface area contributed by atoms with Gasteiger partial charge >= 0.3 is 0 Å². The van der Waals surface area contributed by atoms with Crippen LogP contribution in [0.3, 0.4) is 0 Å². The van der Waals surface area contributed by atoms with Gasteiger partial charge in [0.2, 0.25) is 0 Å². The summed E-state index contributed by atoms with van der Waals surface area (Å²) >= 11 is 0. The molecule has 2 N–H and O–H groups in total. The van der Waals surface area contributed by atoms with Gasteiger partial charge in [0, 0.05) is 18.8 Å². The predicted molar refractivity (Wildman–Crippen MR) is 66.2 cm³/mol. The number of hydrogen-bond acceptors (Lipinski definition) is 3. The fourth-order valence-electron chi connectivity index (χ4n) is 2.48. The van der Waals surface area contributed by atoms with Gasteiger partial charge in [-0.05, 0) is 37.9 Å². The van der Waals surface area contributed by atoms with Crippen LogP contribution in [0.1, 0.15) is 37.1 Å². The topological polar surface area (TPSA) is 42.1 Å². The van der Waals surface area contributed by atoms with E-state index >= 15 is 0 Å². The summed E-state index contributed by atoms with van der Waals surface area (Å²) in [5.41, 5.74) is 8.52. The summed E-state index contributed by atoms with van der Waals surface area (Å²) in [4.78, 5) is 6.98. The first kappa shape index (κ1) is 11.6. The predicted octanol–water partition coefficient (Wildman–Crippen LogP) is 1.87. The largest absolute Gasteiger partial charge is 0.326 e. The molecule has 0 radical (unpaired) electrons. The molecular weight excluding hydrogens is 198 g/mol. The summed E-state index contributed by atoms with van der Waals surface area (Å²) in [6.07, 6.45) is 4.19. The minimum Gasteiger partial charge on any atom is -0.326 e. The van der Waals surface area contributed by atoms with Crippen LogP contribution in [0.15, 0.2) is 18.3 Å². The summed E-state index contributed by atoms with van der Waals surface area (Å²) in [6, 6.07) is 4.80. The molecular formula is C13H21N3. The molecule has 3 heteroatoms. The Labute approximate surface area is 97.7 Å². The fourth-order valence-corrected chi connectivity index (χ4v) is 2.48. The van der Waals surface area contributed by atoms with Crippen molar-refractivity contribution < 1.29 is 0 Å². The van der Waals surface area contributed by atoms with Crippen molar-refractivity contribution in [1.29, 1.82) is 0 Å². The number of rotatable bonds is 3. The van der Waals surface area contributed by atoms with Crippen LogP contribution in [0.5, 0.6) is 0 Å². The summed E-state index contributed by atoms with van der Waals surface area (Å²) in [6.45, 7) is 6.50. The molecule has 1 aliphatic heterocycles. The third-order valence-corrected chi connectivity index (χ3v) is 3.30. The molecule has 88 valence electrons. The van der Waals surface area contributed by atoms with Gasteiger partial charge in [-0.3, -0.25) is 9.88 Å². The molecule has 0 aromatic carbocycles. The van der Waals surface area contributed by atoms with Gasteiger partial charge in [-0.25, -0.2) is 0 Å². The minimum absolute atomic E-state index is 0.238. The van der Waals surface area contributed by atoms with E-state index in [1.165, 1.54) is 12.0 Å². The maximum Gasteiger partial charge on any atom is 0.0674 e. The third-order valence-electron chi connectivity index (χ3n) is 3.30. The van der Waals surface area contributed by atoms with Crippen molar-refractivity contribution in [2.24, 2.45) is 5.73 Å². The molecule has 1 aromatic rings. The van der Waals surface area contributed by atoms with E-state index in [1.54, 1.807) is 0 Å². The number of nitrogens with two attached hydrogens (primary N) is 1. The Morgan fingerprint density at radius 3 is 2.94 bits per heavy atom. The first-order chi connectivity index (χ1) is 7.72. The van der Waals surface area contributed by atoms with Gasteiger partial charge in [0.25, 0.3) is 0 Å². The van der Waals surface area contributed by atoms with Gasteiger partial charge in [-0.15, -0.1) is 0 Å². The lowest BCUT2D eigenvalue weighted by atomic mass is 10.1. The normalized spacial score (nSPS) is 26.2. The van der Waals surface area contributed by atoms with Crippen LogP contribution in [0.2, 0.25) is 0 Å². The summed E-state index contributed by atoms with van der Waals surface area (Å²) in [5, 5.41) is 0. The zero-order valence-corrected chi connectivity index (χ0v) is 10.2. The molecule has 2 unspecified atom stereocenters. The Morgan fingerprint density at radius 1 is 1.50 bits per heavy atom. The van der Waals surface area contributed by atoms with Crippen LogP contribution in [0, 0.1) is 6.92 Å². The Hall–Kier alpha value is -0.930.